The minimum absolute atomic E-state index is 0.0655. The molecule has 138 valence electrons. The lowest BCUT2D eigenvalue weighted by molar-refractivity contribution is 0.0560. The zero-order chi connectivity index (χ0) is 19.4. The fraction of sp³-hybridized carbons (Fsp3) is 0.150. The summed E-state index contributed by atoms with van der Waals surface area (Å²) in [5, 5.41) is 0.372. The largest absolute Gasteiger partial charge is 0.492 e. The Kier molecular flexibility index (Phi) is 5.21. The van der Waals surface area contributed by atoms with Crippen LogP contribution in [0.2, 0.25) is 0 Å². The molecule has 3 rings (SSSR count). The molecule has 0 aliphatic carbocycles. The van der Waals surface area contributed by atoms with E-state index in [-0.39, 0.29) is 34.8 Å². The summed E-state index contributed by atoms with van der Waals surface area (Å²) in [5.41, 5.74) is 0.257. The van der Waals surface area contributed by atoms with Crippen LogP contribution in [0.1, 0.15) is 26.5 Å². The average molecular weight is 368 g/mol. The fourth-order valence-electron chi connectivity index (χ4n) is 2.69. The standard InChI is InChI=1S/C20H16O7/c1-24-18-16-13(9-15(19(22)25-2)27-20(16)23)8-14(10-21)17(18)26-11-12-6-4-3-5-7-12/h3-10H,11H2,1-2H3. The second-order valence-electron chi connectivity index (χ2n) is 5.57. The summed E-state index contributed by atoms with van der Waals surface area (Å²) in [6.07, 6.45) is 0.592. The molecule has 2 aromatic carbocycles. The number of hydrogen-bond acceptors (Lipinski definition) is 7. The maximum Gasteiger partial charge on any atom is 0.374 e. The van der Waals surface area contributed by atoms with Gasteiger partial charge in [-0.2, -0.15) is 0 Å². The van der Waals surface area contributed by atoms with E-state index in [0.717, 1.165) is 5.56 Å². The van der Waals surface area contributed by atoms with Crippen LogP contribution in [-0.4, -0.2) is 26.5 Å². The molecule has 0 saturated heterocycles. The number of carbonyl (C=O) groups is 2. The van der Waals surface area contributed by atoms with Crippen molar-refractivity contribution in [2.24, 2.45) is 0 Å². The van der Waals surface area contributed by atoms with Crippen LogP contribution in [0.3, 0.4) is 0 Å². The van der Waals surface area contributed by atoms with Crippen molar-refractivity contribution in [1.29, 1.82) is 0 Å². The number of benzene rings is 2. The molecule has 3 aromatic rings. The Morgan fingerprint density at radius 3 is 2.48 bits per heavy atom. The van der Waals surface area contributed by atoms with E-state index in [9.17, 15) is 14.4 Å². The van der Waals surface area contributed by atoms with Gasteiger partial charge in [0, 0.05) is 0 Å². The van der Waals surface area contributed by atoms with Gasteiger partial charge < -0.3 is 18.6 Å². The van der Waals surface area contributed by atoms with Gasteiger partial charge in [-0.15, -0.1) is 0 Å². The smallest absolute Gasteiger partial charge is 0.374 e. The molecular formula is C20H16O7. The van der Waals surface area contributed by atoms with Crippen LogP contribution >= 0.6 is 0 Å². The number of esters is 1. The van der Waals surface area contributed by atoms with Crippen molar-refractivity contribution in [3.8, 4) is 11.5 Å². The Morgan fingerprint density at radius 1 is 1.11 bits per heavy atom. The van der Waals surface area contributed by atoms with Crippen molar-refractivity contribution in [2.75, 3.05) is 14.2 Å². The molecule has 0 saturated carbocycles. The molecule has 0 aliphatic heterocycles. The van der Waals surface area contributed by atoms with Crippen LogP contribution < -0.4 is 15.1 Å². The molecular weight excluding hydrogens is 352 g/mol. The van der Waals surface area contributed by atoms with E-state index < -0.39 is 11.6 Å². The van der Waals surface area contributed by atoms with Gasteiger partial charge in [0.2, 0.25) is 5.76 Å². The lowest BCUT2D eigenvalue weighted by atomic mass is 10.1. The highest BCUT2D eigenvalue weighted by Gasteiger charge is 2.21. The van der Waals surface area contributed by atoms with Gasteiger partial charge in [0.1, 0.15) is 12.0 Å². The second kappa shape index (κ2) is 7.74. The molecule has 1 aromatic heterocycles. The van der Waals surface area contributed by atoms with Crippen LogP contribution in [0.4, 0.5) is 0 Å². The number of carbonyl (C=O) groups excluding carboxylic acids is 2. The maximum absolute atomic E-state index is 12.4. The molecule has 0 atom stereocenters. The van der Waals surface area contributed by atoms with Crippen LogP contribution in [0.15, 0.2) is 51.7 Å². The predicted octanol–water partition coefficient (Wildman–Crippen LogP) is 2.98. The number of rotatable bonds is 6. The summed E-state index contributed by atoms with van der Waals surface area (Å²) < 4.78 is 20.7. The Morgan fingerprint density at radius 2 is 1.85 bits per heavy atom. The van der Waals surface area contributed by atoms with E-state index in [2.05, 4.69) is 4.74 Å². The first-order chi connectivity index (χ1) is 13.1. The van der Waals surface area contributed by atoms with Crippen LogP contribution in [0.5, 0.6) is 11.5 Å². The molecule has 0 N–H and O–H groups in total. The summed E-state index contributed by atoms with van der Waals surface area (Å²) in [7, 11) is 2.52. The molecule has 7 heteroatoms. The summed E-state index contributed by atoms with van der Waals surface area (Å²) >= 11 is 0. The molecule has 0 aliphatic rings. The number of aldehydes is 1. The summed E-state index contributed by atoms with van der Waals surface area (Å²) in [5.74, 6) is -0.880. The lowest BCUT2D eigenvalue weighted by Crippen LogP contribution is -2.11. The van der Waals surface area contributed by atoms with Gasteiger partial charge in [0.15, 0.2) is 17.8 Å². The molecule has 0 fully saturated rings. The van der Waals surface area contributed by atoms with Crippen LogP contribution in [-0.2, 0) is 11.3 Å². The summed E-state index contributed by atoms with van der Waals surface area (Å²) in [4.78, 5) is 35.7. The van der Waals surface area contributed by atoms with E-state index in [1.165, 1.54) is 26.4 Å². The third-order valence-corrected chi connectivity index (χ3v) is 3.93. The van der Waals surface area contributed by atoms with Crippen molar-refractivity contribution in [3.63, 3.8) is 0 Å². The highest BCUT2D eigenvalue weighted by atomic mass is 16.5. The van der Waals surface area contributed by atoms with Gasteiger partial charge in [0.05, 0.1) is 19.8 Å². The number of fused-ring (bicyclic) bond motifs is 1. The first kappa shape index (κ1) is 18.2. The van der Waals surface area contributed by atoms with Crippen molar-refractivity contribution in [2.45, 2.75) is 6.61 Å². The maximum atomic E-state index is 12.4. The second-order valence-corrected chi connectivity index (χ2v) is 5.57. The highest BCUT2D eigenvalue weighted by Crippen LogP contribution is 2.37. The zero-order valence-corrected chi connectivity index (χ0v) is 14.7. The number of hydrogen-bond donors (Lipinski definition) is 0. The predicted molar refractivity (Wildman–Crippen MR) is 96.5 cm³/mol. The minimum atomic E-state index is -0.801. The highest BCUT2D eigenvalue weighted by molar-refractivity contribution is 5.99. The molecule has 1 heterocycles. The molecule has 0 radical (unpaired) electrons. The van der Waals surface area contributed by atoms with Gasteiger partial charge in [0.25, 0.3) is 0 Å². The summed E-state index contributed by atoms with van der Waals surface area (Å²) in [6, 6.07) is 12.1. The quantitative estimate of drug-likeness (QED) is 0.488. The zero-order valence-electron chi connectivity index (χ0n) is 14.7. The normalized spacial score (nSPS) is 10.4. The Labute approximate surface area is 154 Å². The average Bonchev–Trinajstić information content (AvgIpc) is 2.71. The van der Waals surface area contributed by atoms with E-state index in [0.29, 0.717) is 11.7 Å². The molecule has 0 spiro atoms. The third kappa shape index (κ3) is 3.52. The molecule has 7 nitrogen and oxygen atoms in total. The third-order valence-electron chi connectivity index (χ3n) is 3.93. The van der Waals surface area contributed by atoms with Gasteiger partial charge in [-0.05, 0) is 23.1 Å². The Balaban J connectivity index is 2.15. The van der Waals surface area contributed by atoms with E-state index in [1.54, 1.807) is 0 Å². The van der Waals surface area contributed by atoms with Gasteiger partial charge in [-0.1, -0.05) is 30.3 Å². The Bertz CT molecular complexity index is 1050. The van der Waals surface area contributed by atoms with Crippen molar-refractivity contribution >= 4 is 23.0 Å². The van der Waals surface area contributed by atoms with Crippen LogP contribution in [0.25, 0.3) is 10.8 Å². The summed E-state index contributed by atoms with van der Waals surface area (Å²) in [6.45, 7) is 0.176. The van der Waals surface area contributed by atoms with E-state index >= 15 is 0 Å². The van der Waals surface area contributed by atoms with E-state index in [4.69, 9.17) is 13.9 Å². The van der Waals surface area contributed by atoms with Gasteiger partial charge in [-0.3, -0.25) is 4.79 Å². The van der Waals surface area contributed by atoms with Crippen molar-refractivity contribution in [3.05, 3.63) is 69.8 Å². The lowest BCUT2D eigenvalue weighted by Gasteiger charge is -2.15. The van der Waals surface area contributed by atoms with E-state index in [1.807, 2.05) is 30.3 Å². The minimum Gasteiger partial charge on any atom is -0.492 e. The fourth-order valence-corrected chi connectivity index (χ4v) is 2.69. The monoisotopic (exact) mass is 368 g/mol. The van der Waals surface area contributed by atoms with Gasteiger partial charge >= 0.3 is 11.6 Å². The van der Waals surface area contributed by atoms with Crippen LogP contribution in [0, 0.1) is 0 Å². The topological polar surface area (TPSA) is 92.0 Å². The molecule has 0 bridgehead atoms. The van der Waals surface area contributed by atoms with Gasteiger partial charge in [-0.25, -0.2) is 9.59 Å². The first-order valence-corrected chi connectivity index (χ1v) is 7.98. The molecule has 0 unspecified atom stereocenters. The number of ether oxygens (including phenoxy) is 3. The Hall–Kier alpha value is -3.61. The first-order valence-electron chi connectivity index (χ1n) is 7.98. The van der Waals surface area contributed by atoms with Crippen molar-refractivity contribution < 1.29 is 28.2 Å². The molecule has 27 heavy (non-hydrogen) atoms. The number of methoxy groups -OCH3 is 2. The SMILES string of the molecule is COC(=O)c1cc2cc(C=O)c(OCc3ccccc3)c(OC)c2c(=O)o1. The van der Waals surface area contributed by atoms with Crippen molar-refractivity contribution in [1.82, 2.24) is 0 Å². The molecule has 0 amide bonds.